The highest BCUT2D eigenvalue weighted by molar-refractivity contribution is 5.89. The number of amides is 2. The molecule has 0 saturated heterocycles. The SMILES string of the molecule is CCC(C)[C@H](NC(=O)[C@H](CC)NC)C(=O)NC. The van der Waals surface area contributed by atoms with Gasteiger partial charge in [0.25, 0.3) is 0 Å². The first-order valence-electron chi connectivity index (χ1n) is 6.20. The summed E-state index contributed by atoms with van der Waals surface area (Å²) in [5, 5.41) is 8.32. The Morgan fingerprint density at radius 2 is 1.65 bits per heavy atom. The number of carbonyl (C=O) groups excluding carboxylic acids is 2. The van der Waals surface area contributed by atoms with Crippen LogP contribution >= 0.6 is 0 Å². The third kappa shape index (κ3) is 4.73. The Labute approximate surface area is 104 Å². The standard InChI is InChI=1S/C12H25N3O2/c1-6-8(3)10(12(17)14-5)15-11(16)9(7-2)13-4/h8-10,13H,6-7H2,1-5H3,(H,14,17)(H,15,16)/t8?,9-,10-/m0/s1. The monoisotopic (exact) mass is 243 g/mol. The second-order valence-corrected chi connectivity index (χ2v) is 4.24. The lowest BCUT2D eigenvalue weighted by Crippen LogP contribution is -2.54. The van der Waals surface area contributed by atoms with E-state index in [2.05, 4.69) is 16.0 Å². The van der Waals surface area contributed by atoms with E-state index in [1.807, 2.05) is 20.8 Å². The molecule has 0 aliphatic rings. The predicted molar refractivity (Wildman–Crippen MR) is 68.6 cm³/mol. The molecule has 0 saturated carbocycles. The van der Waals surface area contributed by atoms with Crippen molar-refractivity contribution in [2.45, 2.75) is 45.7 Å². The Balaban J connectivity index is 4.63. The Morgan fingerprint density at radius 3 is 2.00 bits per heavy atom. The van der Waals surface area contributed by atoms with Gasteiger partial charge >= 0.3 is 0 Å². The molecular formula is C12H25N3O2. The van der Waals surface area contributed by atoms with Crippen LogP contribution in [0.4, 0.5) is 0 Å². The summed E-state index contributed by atoms with van der Waals surface area (Å²) in [5.74, 6) is -0.143. The van der Waals surface area contributed by atoms with E-state index in [9.17, 15) is 9.59 Å². The van der Waals surface area contributed by atoms with E-state index < -0.39 is 6.04 Å². The lowest BCUT2D eigenvalue weighted by molar-refractivity contribution is -0.131. The minimum atomic E-state index is -0.458. The molecule has 0 spiro atoms. The van der Waals surface area contributed by atoms with Crippen LogP contribution in [0.2, 0.25) is 0 Å². The normalized spacial score (nSPS) is 15.8. The second kappa shape index (κ2) is 8.06. The quantitative estimate of drug-likeness (QED) is 0.601. The van der Waals surface area contributed by atoms with Crippen LogP contribution in [0.3, 0.4) is 0 Å². The Kier molecular flexibility index (Phi) is 7.54. The van der Waals surface area contributed by atoms with Crippen LogP contribution in [0.15, 0.2) is 0 Å². The van der Waals surface area contributed by atoms with Crippen molar-refractivity contribution in [2.75, 3.05) is 14.1 Å². The fourth-order valence-corrected chi connectivity index (χ4v) is 1.63. The van der Waals surface area contributed by atoms with Gasteiger partial charge in [-0.1, -0.05) is 27.2 Å². The molecule has 0 aliphatic heterocycles. The lowest BCUT2D eigenvalue weighted by Gasteiger charge is -2.25. The first-order valence-corrected chi connectivity index (χ1v) is 6.20. The van der Waals surface area contributed by atoms with Gasteiger partial charge in [-0.15, -0.1) is 0 Å². The van der Waals surface area contributed by atoms with Gasteiger partial charge in [-0.25, -0.2) is 0 Å². The number of hydrogen-bond donors (Lipinski definition) is 3. The number of hydrogen-bond acceptors (Lipinski definition) is 3. The van der Waals surface area contributed by atoms with E-state index in [-0.39, 0.29) is 23.8 Å². The van der Waals surface area contributed by atoms with Crippen LogP contribution in [-0.2, 0) is 9.59 Å². The first-order chi connectivity index (χ1) is 8.01. The van der Waals surface area contributed by atoms with Gasteiger partial charge in [0.15, 0.2) is 0 Å². The van der Waals surface area contributed by atoms with Crippen molar-refractivity contribution in [1.82, 2.24) is 16.0 Å². The Morgan fingerprint density at radius 1 is 1.06 bits per heavy atom. The van der Waals surface area contributed by atoms with Gasteiger partial charge in [0.1, 0.15) is 6.04 Å². The predicted octanol–water partition coefficient (Wildman–Crippen LogP) is 0.261. The van der Waals surface area contributed by atoms with Gasteiger partial charge in [-0.05, 0) is 19.4 Å². The largest absolute Gasteiger partial charge is 0.357 e. The van der Waals surface area contributed by atoms with Gasteiger partial charge in [-0.2, -0.15) is 0 Å². The molecule has 2 amide bonds. The molecule has 0 aromatic rings. The number of rotatable bonds is 7. The molecule has 17 heavy (non-hydrogen) atoms. The van der Waals surface area contributed by atoms with E-state index in [4.69, 9.17) is 0 Å². The second-order valence-electron chi connectivity index (χ2n) is 4.24. The summed E-state index contributed by atoms with van der Waals surface area (Å²) >= 11 is 0. The molecule has 0 aliphatic carbocycles. The van der Waals surface area contributed by atoms with E-state index in [0.29, 0.717) is 6.42 Å². The Hall–Kier alpha value is -1.10. The third-order valence-electron chi connectivity index (χ3n) is 3.11. The van der Waals surface area contributed by atoms with E-state index in [1.54, 1.807) is 14.1 Å². The molecule has 5 heteroatoms. The summed E-state index contributed by atoms with van der Waals surface area (Å²) in [6.07, 6.45) is 1.54. The zero-order valence-corrected chi connectivity index (χ0v) is 11.5. The van der Waals surface area contributed by atoms with Crippen molar-refractivity contribution in [1.29, 1.82) is 0 Å². The molecule has 3 N–H and O–H groups in total. The average Bonchev–Trinajstić information content (AvgIpc) is 2.35. The molecule has 5 nitrogen and oxygen atoms in total. The minimum Gasteiger partial charge on any atom is -0.357 e. The van der Waals surface area contributed by atoms with Crippen molar-refractivity contribution < 1.29 is 9.59 Å². The maximum Gasteiger partial charge on any atom is 0.242 e. The molecule has 0 aromatic carbocycles. The molecule has 100 valence electrons. The molecular weight excluding hydrogens is 218 g/mol. The third-order valence-corrected chi connectivity index (χ3v) is 3.11. The molecule has 0 fully saturated rings. The summed E-state index contributed by atoms with van der Waals surface area (Å²) < 4.78 is 0. The summed E-state index contributed by atoms with van der Waals surface area (Å²) in [6.45, 7) is 5.89. The van der Waals surface area contributed by atoms with E-state index in [1.165, 1.54) is 0 Å². The van der Waals surface area contributed by atoms with Crippen molar-refractivity contribution in [3.63, 3.8) is 0 Å². The highest BCUT2D eigenvalue weighted by Crippen LogP contribution is 2.08. The zero-order valence-electron chi connectivity index (χ0n) is 11.5. The molecule has 0 aromatic heterocycles. The van der Waals surface area contributed by atoms with Crippen molar-refractivity contribution in [2.24, 2.45) is 5.92 Å². The van der Waals surface area contributed by atoms with Gasteiger partial charge in [-0.3, -0.25) is 9.59 Å². The molecule has 0 bridgehead atoms. The van der Waals surface area contributed by atoms with Crippen LogP contribution in [0.1, 0.15) is 33.6 Å². The van der Waals surface area contributed by atoms with Crippen LogP contribution in [0.5, 0.6) is 0 Å². The summed E-state index contributed by atoms with van der Waals surface area (Å²) in [5.41, 5.74) is 0. The summed E-state index contributed by atoms with van der Waals surface area (Å²) in [7, 11) is 3.32. The van der Waals surface area contributed by atoms with Crippen molar-refractivity contribution in [3.05, 3.63) is 0 Å². The highest BCUT2D eigenvalue weighted by atomic mass is 16.2. The molecule has 0 radical (unpaired) electrons. The maximum atomic E-state index is 11.9. The van der Waals surface area contributed by atoms with E-state index >= 15 is 0 Å². The van der Waals surface area contributed by atoms with E-state index in [0.717, 1.165) is 6.42 Å². The number of carbonyl (C=O) groups is 2. The Bertz CT molecular complexity index is 252. The fourth-order valence-electron chi connectivity index (χ4n) is 1.63. The molecule has 0 rings (SSSR count). The maximum absolute atomic E-state index is 11.9. The van der Waals surface area contributed by atoms with Crippen LogP contribution in [-0.4, -0.2) is 38.0 Å². The van der Waals surface area contributed by atoms with Crippen LogP contribution in [0.25, 0.3) is 0 Å². The molecule has 0 heterocycles. The van der Waals surface area contributed by atoms with Crippen LogP contribution in [0, 0.1) is 5.92 Å². The van der Waals surface area contributed by atoms with Crippen molar-refractivity contribution in [3.8, 4) is 0 Å². The summed E-state index contributed by atoms with van der Waals surface area (Å²) in [4.78, 5) is 23.6. The molecule has 3 atom stereocenters. The minimum absolute atomic E-state index is 0.119. The summed E-state index contributed by atoms with van der Waals surface area (Å²) in [6, 6.07) is -0.703. The van der Waals surface area contributed by atoms with Gasteiger partial charge in [0.05, 0.1) is 6.04 Å². The zero-order chi connectivity index (χ0) is 13.4. The highest BCUT2D eigenvalue weighted by Gasteiger charge is 2.27. The van der Waals surface area contributed by atoms with Crippen LogP contribution < -0.4 is 16.0 Å². The topological polar surface area (TPSA) is 70.2 Å². The van der Waals surface area contributed by atoms with Gasteiger partial charge < -0.3 is 16.0 Å². The fraction of sp³-hybridized carbons (Fsp3) is 0.833. The lowest BCUT2D eigenvalue weighted by atomic mass is 9.98. The number of likely N-dealkylation sites (N-methyl/N-ethyl adjacent to an activating group) is 2. The van der Waals surface area contributed by atoms with Gasteiger partial charge in [0, 0.05) is 7.05 Å². The smallest absolute Gasteiger partial charge is 0.242 e. The average molecular weight is 243 g/mol. The number of nitrogens with one attached hydrogen (secondary N) is 3. The van der Waals surface area contributed by atoms with Crippen molar-refractivity contribution >= 4 is 11.8 Å². The van der Waals surface area contributed by atoms with Gasteiger partial charge in [0.2, 0.25) is 11.8 Å². The molecule has 1 unspecified atom stereocenters. The first kappa shape index (κ1) is 15.9.